The van der Waals surface area contributed by atoms with Gasteiger partial charge in [0.1, 0.15) is 11.3 Å². The monoisotopic (exact) mass is 277 g/mol. The van der Waals surface area contributed by atoms with Crippen molar-refractivity contribution in [3.8, 4) is 0 Å². The van der Waals surface area contributed by atoms with Crippen molar-refractivity contribution in [1.29, 1.82) is 0 Å². The smallest absolute Gasteiger partial charge is 0.259 e. The number of rotatable bonds is 5. The van der Waals surface area contributed by atoms with Gasteiger partial charge in [0, 0.05) is 11.5 Å². The van der Waals surface area contributed by atoms with Crippen molar-refractivity contribution in [1.82, 2.24) is 5.32 Å². The summed E-state index contributed by atoms with van der Waals surface area (Å²) in [4.78, 5) is 22.7. The minimum Gasteiger partial charge on any atom is -0.509 e. The van der Waals surface area contributed by atoms with Crippen LogP contribution in [0, 0.1) is 0 Å². The lowest BCUT2D eigenvalue weighted by molar-refractivity contribution is -0.121. The van der Waals surface area contributed by atoms with Gasteiger partial charge in [0.15, 0.2) is 5.78 Å². The maximum atomic E-state index is 11.5. The number of ketones is 1. The standard InChI is InChI=1S/C14H15NO3S/c1-9(16)12-13(17)11(15-14(12)18)8-19-7-10-5-3-2-4-6-10/h2-6,11,17H,7-8H2,1H3,(H,15,18)/t11-/m1/s1. The number of nitrogens with one attached hydrogen (secondary N) is 1. The predicted octanol–water partition coefficient (Wildman–Crippen LogP) is 1.82. The molecule has 2 rings (SSSR count). The van der Waals surface area contributed by atoms with Crippen molar-refractivity contribution in [2.75, 3.05) is 5.75 Å². The minimum absolute atomic E-state index is 0.106. The van der Waals surface area contributed by atoms with Gasteiger partial charge in [-0.05, 0) is 12.5 Å². The van der Waals surface area contributed by atoms with Gasteiger partial charge in [-0.25, -0.2) is 0 Å². The highest BCUT2D eigenvalue weighted by atomic mass is 32.2. The molecule has 5 heteroatoms. The van der Waals surface area contributed by atoms with Gasteiger partial charge >= 0.3 is 0 Å². The molecule has 1 aliphatic rings. The molecule has 1 heterocycles. The first-order chi connectivity index (χ1) is 9.09. The van der Waals surface area contributed by atoms with Crippen LogP contribution >= 0.6 is 11.8 Å². The zero-order chi connectivity index (χ0) is 13.8. The Morgan fingerprint density at radius 2 is 2.05 bits per heavy atom. The van der Waals surface area contributed by atoms with E-state index in [9.17, 15) is 14.7 Å². The molecule has 0 aliphatic carbocycles. The summed E-state index contributed by atoms with van der Waals surface area (Å²) in [5.41, 5.74) is 1.08. The van der Waals surface area contributed by atoms with Crippen molar-refractivity contribution in [3.63, 3.8) is 0 Å². The minimum atomic E-state index is -0.477. The topological polar surface area (TPSA) is 66.4 Å². The van der Waals surface area contributed by atoms with Crippen molar-refractivity contribution in [2.45, 2.75) is 18.7 Å². The second-order valence-electron chi connectivity index (χ2n) is 4.34. The Balaban J connectivity index is 1.91. The molecule has 0 fully saturated rings. The first-order valence-corrected chi connectivity index (χ1v) is 7.11. The third-order valence-electron chi connectivity index (χ3n) is 2.87. The van der Waals surface area contributed by atoms with Gasteiger partial charge in [-0.2, -0.15) is 11.8 Å². The van der Waals surface area contributed by atoms with Gasteiger partial charge in [0.05, 0.1) is 6.04 Å². The lowest BCUT2D eigenvalue weighted by Gasteiger charge is -2.10. The molecule has 19 heavy (non-hydrogen) atoms. The van der Waals surface area contributed by atoms with Gasteiger partial charge < -0.3 is 10.4 Å². The predicted molar refractivity (Wildman–Crippen MR) is 74.9 cm³/mol. The first kappa shape index (κ1) is 13.7. The Morgan fingerprint density at radius 1 is 1.37 bits per heavy atom. The second-order valence-corrected chi connectivity index (χ2v) is 5.37. The molecule has 1 aliphatic heterocycles. The van der Waals surface area contributed by atoms with E-state index >= 15 is 0 Å². The van der Waals surface area contributed by atoms with E-state index in [1.165, 1.54) is 12.5 Å². The van der Waals surface area contributed by atoms with E-state index in [0.29, 0.717) is 5.75 Å². The summed E-state index contributed by atoms with van der Waals surface area (Å²) in [6.07, 6.45) is 0. The fourth-order valence-electron chi connectivity index (χ4n) is 1.92. The maximum absolute atomic E-state index is 11.5. The van der Waals surface area contributed by atoms with Crippen molar-refractivity contribution >= 4 is 23.5 Å². The highest BCUT2D eigenvalue weighted by molar-refractivity contribution is 7.98. The number of hydrogen-bond acceptors (Lipinski definition) is 4. The highest BCUT2D eigenvalue weighted by Crippen LogP contribution is 2.21. The van der Waals surface area contributed by atoms with Gasteiger partial charge in [0.2, 0.25) is 0 Å². The van der Waals surface area contributed by atoms with Crippen LogP contribution in [0.2, 0.25) is 0 Å². The Kier molecular flexibility index (Phi) is 4.27. The van der Waals surface area contributed by atoms with Crippen LogP contribution < -0.4 is 5.32 Å². The summed E-state index contributed by atoms with van der Waals surface area (Å²) in [7, 11) is 0. The molecular weight excluding hydrogens is 262 g/mol. The summed E-state index contributed by atoms with van der Waals surface area (Å²) < 4.78 is 0. The van der Waals surface area contributed by atoms with Crippen LogP contribution in [0.25, 0.3) is 0 Å². The quantitative estimate of drug-likeness (QED) is 0.806. The summed E-state index contributed by atoms with van der Waals surface area (Å²) in [6.45, 7) is 1.28. The number of thioether (sulfide) groups is 1. The summed E-state index contributed by atoms with van der Waals surface area (Å²) >= 11 is 1.60. The summed E-state index contributed by atoms with van der Waals surface area (Å²) in [5, 5.41) is 12.5. The third-order valence-corrected chi connectivity index (χ3v) is 3.97. The van der Waals surface area contributed by atoms with Crippen LogP contribution in [0.3, 0.4) is 0 Å². The van der Waals surface area contributed by atoms with Gasteiger partial charge in [-0.1, -0.05) is 30.3 Å². The van der Waals surface area contributed by atoms with Crippen molar-refractivity contribution < 1.29 is 14.7 Å². The number of benzene rings is 1. The zero-order valence-electron chi connectivity index (χ0n) is 10.6. The third kappa shape index (κ3) is 3.17. The molecule has 0 bridgehead atoms. The Labute approximate surface area is 115 Å². The van der Waals surface area contributed by atoms with Crippen LogP contribution in [0.4, 0.5) is 0 Å². The van der Waals surface area contributed by atoms with E-state index in [2.05, 4.69) is 5.32 Å². The van der Waals surface area contributed by atoms with Crippen LogP contribution in [0.15, 0.2) is 41.7 Å². The van der Waals surface area contributed by atoms with Crippen LogP contribution in [0.1, 0.15) is 12.5 Å². The number of aliphatic hydroxyl groups excluding tert-OH is 1. The SMILES string of the molecule is CC(=O)C1=C(O)[C@@H](CSCc2ccccc2)NC1=O. The molecule has 1 atom stereocenters. The van der Waals surface area contributed by atoms with Gasteiger partial charge in [0.25, 0.3) is 5.91 Å². The number of carbonyl (C=O) groups is 2. The molecule has 0 aromatic heterocycles. The average molecular weight is 277 g/mol. The van der Waals surface area contributed by atoms with Crippen LogP contribution in [-0.4, -0.2) is 28.6 Å². The lowest BCUT2D eigenvalue weighted by atomic mass is 10.1. The van der Waals surface area contributed by atoms with E-state index in [1.54, 1.807) is 11.8 Å². The normalized spacial score (nSPS) is 18.6. The van der Waals surface area contributed by atoms with E-state index in [1.807, 2.05) is 30.3 Å². The molecule has 0 unspecified atom stereocenters. The van der Waals surface area contributed by atoms with Gasteiger partial charge in [-0.3, -0.25) is 9.59 Å². The molecule has 0 spiro atoms. The van der Waals surface area contributed by atoms with E-state index in [0.717, 1.165) is 5.75 Å². The van der Waals surface area contributed by atoms with E-state index in [-0.39, 0.29) is 11.3 Å². The Hall–Kier alpha value is -1.75. The van der Waals surface area contributed by atoms with Crippen LogP contribution in [-0.2, 0) is 15.3 Å². The fourth-order valence-corrected chi connectivity index (χ4v) is 2.94. The second kappa shape index (κ2) is 5.93. The number of aliphatic hydroxyl groups is 1. The molecule has 1 amide bonds. The van der Waals surface area contributed by atoms with Crippen molar-refractivity contribution in [2.24, 2.45) is 0 Å². The molecule has 1 aromatic carbocycles. The van der Waals surface area contributed by atoms with Gasteiger partial charge in [-0.15, -0.1) is 0 Å². The number of carbonyl (C=O) groups excluding carboxylic acids is 2. The molecule has 1 aromatic rings. The Morgan fingerprint density at radius 3 is 2.63 bits per heavy atom. The summed E-state index contributed by atoms with van der Waals surface area (Å²) in [5.74, 6) is 0.345. The number of Topliss-reactive ketones (excluding diaryl/α,β-unsaturated/α-hetero) is 1. The van der Waals surface area contributed by atoms with E-state index < -0.39 is 17.7 Å². The van der Waals surface area contributed by atoms with Crippen molar-refractivity contribution in [3.05, 3.63) is 47.2 Å². The molecule has 0 saturated carbocycles. The largest absolute Gasteiger partial charge is 0.509 e. The molecule has 4 nitrogen and oxygen atoms in total. The molecule has 100 valence electrons. The molecule has 2 N–H and O–H groups in total. The number of amides is 1. The molecular formula is C14H15NO3S. The van der Waals surface area contributed by atoms with Crippen LogP contribution in [0.5, 0.6) is 0 Å². The highest BCUT2D eigenvalue weighted by Gasteiger charge is 2.33. The summed E-state index contributed by atoms with van der Waals surface area (Å²) in [6, 6.07) is 9.49. The Bertz CT molecular complexity index is 525. The average Bonchev–Trinajstić information content (AvgIpc) is 2.66. The molecule has 0 saturated heterocycles. The molecule has 0 radical (unpaired) electrons. The fraction of sp³-hybridized carbons (Fsp3) is 0.286. The number of hydrogen-bond donors (Lipinski definition) is 2. The van der Waals surface area contributed by atoms with E-state index in [4.69, 9.17) is 0 Å². The first-order valence-electron chi connectivity index (χ1n) is 5.96. The maximum Gasteiger partial charge on any atom is 0.259 e. The lowest BCUT2D eigenvalue weighted by Crippen LogP contribution is -2.31. The zero-order valence-corrected chi connectivity index (χ0v) is 11.4.